The van der Waals surface area contributed by atoms with E-state index in [2.05, 4.69) is 205 Å². The second-order valence-electron chi connectivity index (χ2n) is 13.2. The molecule has 0 spiro atoms. The van der Waals surface area contributed by atoms with Crippen LogP contribution in [-0.4, -0.2) is 0 Å². The standard InChI is InChI=1S/C50H33N/c1-5-17-34(18-6-1)35-29-31-40(32-30-35)51(39-24-11-4-12-25-39)50-41-26-14-13-23-38(41)33-44-47-45(36-19-7-2-8-20-36)42-27-15-16-28-43(42)46(49(47)48(44)50)37-21-9-3-10-22-37/h1-33H. The van der Waals surface area contributed by atoms with E-state index in [1.54, 1.807) is 0 Å². The minimum absolute atomic E-state index is 1.12. The highest BCUT2D eigenvalue weighted by atomic mass is 15.1. The van der Waals surface area contributed by atoms with Crippen LogP contribution in [0.1, 0.15) is 0 Å². The summed E-state index contributed by atoms with van der Waals surface area (Å²) in [6, 6.07) is 72.7. The van der Waals surface area contributed by atoms with Crippen LogP contribution in [0.25, 0.3) is 77.2 Å². The lowest BCUT2D eigenvalue weighted by molar-refractivity contribution is 1.29. The van der Waals surface area contributed by atoms with E-state index in [1.165, 1.54) is 82.9 Å². The first-order valence-electron chi connectivity index (χ1n) is 17.6. The molecule has 9 aromatic carbocycles. The molecule has 0 unspecified atom stereocenters. The van der Waals surface area contributed by atoms with Crippen LogP contribution >= 0.6 is 0 Å². The molecule has 0 N–H and O–H groups in total. The van der Waals surface area contributed by atoms with Crippen LogP contribution in [0.4, 0.5) is 17.1 Å². The van der Waals surface area contributed by atoms with E-state index in [4.69, 9.17) is 0 Å². The molecule has 0 heterocycles. The first-order chi connectivity index (χ1) is 25.3. The second kappa shape index (κ2) is 12.0. The Hall–Kier alpha value is -6.70. The average molecular weight is 648 g/mol. The topological polar surface area (TPSA) is 3.24 Å². The van der Waals surface area contributed by atoms with Crippen LogP contribution in [0.3, 0.4) is 0 Å². The third-order valence-corrected chi connectivity index (χ3v) is 10.4. The smallest absolute Gasteiger partial charge is 0.0625 e. The summed E-state index contributed by atoms with van der Waals surface area (Å²) in [5.74, 6) is 0. The molecule has 0 bridgehead atoms. The molecule has 1 aliphatic carbocycles. The van der Waals surface area contributed by atoms with E-state index < -0.39 is 0 Å². The zero-order valence-corrected chi connectivity index (χ0v) is 28.0. The van der Waals surface area contributed by atoms with Gasteiger partial charge in [-0.1, -0.05) is 170 Å². The van der Waals surface area contributed by atoms with E-state index in [0.29, 0.717) is 0 Å². The number of anilines is 3. The van der Waals surface area contributed by atoms with Crippen molar-refractivity contribution in [1.29, 1.82) is 0 Å². The van der Waals surface area contributed by atoms with Gasteiger partial charge in [0.25, 0.3) is 0 Å². The van der Waals surface area contributed by atoms with Gasteiger partial charge in [-0.25, -0.2) is 0 Å². The van der Waals surface area contributed by atoms with Gasteiger partial charge in [0.15, 0.2) is 0 Å². The van der Waals surface area contributed by atoms with Gasteiger partial charge < -0.3 is 4.90 Å². The largest absolute Gasteiger partial charge is 0.309 e. The Bertz CT molecular complexity index is 2700. The van der Waals surface area contributed by atoms with Gasteiger partial charge in [-0.3, -0.25) is 0 Å². The Morgan fingerprint density at radius 1 is 0.275 bits per heavy atom. The maximum atomic E-state index is 2.48. The molecule has 0 atom stereocenters. The first kappa shape index (κ1) is 29.2. The molecule has 0 amide bonds. The lowest BCUT2D eigenvalue weighted by Gasteiger charge is -2.38. The predicted molar refractivity (Wildman–Crippen MR) is 217 cm³/mol. The van der Waals surface area contributed by atoms with Crippen molar-refractivity contribution in [2.45, 2.75) is 0 Å². The van der Waals surface area contributed by atoms with Crippen molar-refractivity contribution in [3.63, 3.8) is 0 Å². The minimum Gasteiger partial charge on any atom is -0.309 e. The molecule has 9 aromatic rings. The van der Waals surface area contributed by atoms with Gasteiger partial charge in [-0.15, -0.1) is 0 Å². The maximum absolute atomic E-state index is 2.48. The Labute approximate surface area is 298 Å². The summed E-state index contributed by atoms with van der Waals surface area (Å²) in [7, 11) is 0. The predicted octanol–water partition coefficient (Wildman–Crippen LogP) is 14.1. The summed E-state index contributed by atoms with van der Waals surface area (Å²) in [4.78, 5) is 2.48. The van der Waals surface area contributed by atoms with Gasteiger partial charge in [0, 0.05) is 27.9 Å². The van der Waals surface area contributed by atoms with Crippen LogP contribution in [0.15, 0.2) is 200 Å². The van der Waals surface area contributed by atoms with Gasteiger partial charge in [0.05, 0.1) is 5.69 Å². The lowest BCUT2D eigenvalue weighted by atomic mass is 9.69. The maximum Gasteiger partial charge on any atom is 0.0625 e. The van der Waals surface area contributed by atoms with Crippen LogP contribution in [0.2, 0.25) is 0 Å². The monoisotopic (exact) mass is 647 g/mol. The molecule has 51 heavy (non-hydrogen) atoms. The van der Waals surface area contributed by atoms with Crippen LogP contribution in [-0.2, 0) is 0 Å². The van der Waals surface area contributed by atoms with Gasteiger partial charge >= 0.3 is 0 Å². The summed E-state index contributed by atoms with van der Waals surface area (Å²) < 4.78 is 0. The number of rotatable bonds is 6. The number of fused-ring (bicyclic) bond motifs is 6. The SMILES string of the molecule is c1ccc(-c2ccc(N(c3ccccc3)c3c4c(cc5ccccc35)-c3c-4c(-c4ccccc4)c4ccccc4c3-c3ccccc3)cc2)cc1. The fraction of sp³-hybridized carbons (Fsp3) is 0. The Balaban J connectivity index is 1.32. The first-order valence-corrected chi connectivity index (χ1v) is 17.6. The third-order valence-electron chi connectivity index (χ3n) is 10.4. The number of benzene rings is 9. The van der Waals surface area contributed by atoms with Crippen molar-refractivity contribution in [2.24, 2.45) is 0 Å². The molecule has 238 valence electrons. The van der Waals surface area contributed by atoms with Crippen LogP contribution in [0, 0.1) is 0 Å². The summed E-state index contributed by atoms with van der Waals surface area (Å²) in [6.45, 7) is 0. The van der Waals surface area contributed by atoms with Gasteiger partial charge in [0.2, 0.25) is 0 Å². The van der Waals surface area contributed by atoms with Gasteiger partial charge in [-0.05, 0) is 91.0 Å². The third kappa shape index (κ3) is 4.70. The van der Waals surface area contributed by atoms with E-state index in [1.807, 2.05) is 0 Å². The van der Waals surface area contributed by atoms with E-state index in [9.17, 15) is 0 Å². The van der Waals surface area contributed by atoms with Crippen molar-refractivity contribution >= 4 is 38.6 Å². The quantitative estimate of drug-likeness (QED) is 0.174. The highest BCUT2D eigenvalue weighted by Gasteiger charge is 2.37. The van der Waals surface area contributed by atoms with Crippen molar-refractivity contribution in [2.75, 3.05) is 4.90 Å². The number of para-hydroxylation sites is 1. The fourth-order valence-corrected chi connectivity index (χ4v) is 8.13. The molecule has 0 saturated carbocycles. The van der Waals surface area contributed by atoms with Crippen molar-refractivity contribution in [1.82, 2.24) is 0 Å². The molecule has 0 aromatic heterocycles. The second-order valence-corrected chi connectivity index (χ2v) is 13.2. The summed E-state index contributed by atoms with van der Waals surface area (Å²) >= 11 is 0. The summed E-state index contributed by atoms with van der Waals surface area (Å²) in [5, 5.41) is 5.00. The summed E-state index contributed by atoms with van der Waals surface area (Å²) in [6.07, 6.45) is 0. The fourth-order valence-electron chi connectivity index (χ4n) is 8.13. The van der Waals surface area contributed by atoms with E-state index in [-0.39, 0.29) is 0 Å². The molecule has 0 radical (unpaired) electrons. The van der Waals surface area contributed by atoms with Gasteiger partial charge in [0.1, 0.15) is 0 Å². The lowest BCUT2D eigenvalue weighted by Crippen LogP contribution is -2.16. The van der Waals surface area contributed by atoms with Crippen molar-refractivity contribution < 1.29 is 0 Å². The van der Waals surface area contributed by atoms with Crippen LogP contribution in [0.5, 0.6) is 0 Å². The zero-order valence-electron chi connectivity index (χ0n) is 28.0. The highest BCUT2D eigenvalue weighted by Crippen LogP contribution is 2.64. The van der Waals surface area contributed by atoms with E-state index >= 15 is 0 Å². The Morgan fingerprint density at radius 3 is 1.29 bits per heavy atom. The molecule has 1 aliphatic rings. The molecule has 1 heteroatoms. The molecule has 10 rings (SSSR count). The Kier molecular flexibility index (Phi) is 6.89. The average Bonchev–Trinajstić information content (AvgIpc) is 3.21. The number of hydrogen-bond donors (Lipinski definition) is 0. The number of hydrogen-bond acceptors (Lipinski definition) is 1. The summed E-state index contributed by atoms with van der Waals surface area (Å²) in [5.41, 5.74) is 16.2. The molecule has 0 aliphatic heterocycles. The molecule has 0 saturated heterocycles. The normalized spacial score (nSPS) is 11.5. The molecular weight excluding hydrogens is 615 g/mol. The van der Waals surface area contributed by atoms with E-state index in [0.717, 1.165) is 11.4 Å². The molecule has 1 nitrogen and oxygen atoms in total. The van der Waals surface area contributed by atoms with Crippen molar-refractivity contribution in [3.8, 4) is 55.6 Å². The molecular formula is C50H33N. The van der Waals surface area contributed by atoms with Crippen molar-refractivity contribution in [3.05, 3.63) is 200 Å². The number of nitrogens with zero attached hydrogens (tertiary/aromatic N) is 1. The zero-order chi connectivity index (χ0) is 33.7. The van der Waals surface area contributed by atoms with Crippen LogP contribution < -0.4 is 4.90 Å². The van der Waals surface area contributed by atoms with Gasteiger partial charge in [-0.2, -0.15) is 0 Å². The molecule has 0 fully saturated rings. The highest BCUT2D eigenvalue weighted by molar-refractivity contribution is 6.29. The minimum atomic E-state index is 1.12. The Morgan fingerprint density at radius 2 is 0.706 bits per heavy atom.